The molecular weight excluding hydrogens is 193 g/mol. The Morgan fingerprint density at radius 1 is 1.46 bits per heavy atom. The van der Waals surface area contributed by atoms with Crippen molar-refractivity contribution in [3.63, 3.8) is 0 Å². The molecule has 0 atom stereocenters. The number of hydrogen-bond donors (Lipinski definition) is 3. The smallest absolute Gasteiger partial charge is 0.475 e. The summed E-state index contributed by atoms with van der Waals surface area (Å²) in [6.07, 6.45) is -5.08. The number of carboxylic acid groups (broad SMARTS) is 1. The molecule has 1 fully saturated rings. The van der Waals surface area contributed by atoms with Gasteiger partial charge in [0.1, 0.15) is 0 Å². The summed E-state index contributed by atoms with van der Waals surface area (Å²) in [5, 5.41) is 12.5. The van der Waals surface area contributed by atoms with Gasteiger partial charge in [0.15, 0.2) is 0 Å². The van der Waals surface area contributed by atoms with Crippen LogP contribution in [0.4, 0.5) is 13.2 Å². The van der Waals surface area contributed by atoms with E-state index in [-0.39, 0.29) is 5.91 Å². The van der Waals surface area contributed by atoms with Crippen molar-refractivity contribution in [1.82, 2.24) is 10.6 Å². The van der Waals surface area contributed by atoms with Crippen LogP contribution >= 0.6 is 0 Å². The lowest BCUT2D eigenvalue weighted by molar-refractivity contribution is -0.192. The predicted molar refractivity (Wildman–Crippen MR) is 34.7 cm³/mol. The number of carbonyl (C=O) groups is 2. The zero-order valence-corrected chi connectivity index (χ0v) is 6.31. The molecule has 0 aromatic rings. The van der Waals surface area contributed by atoms with E-state index in [4.69, 9.17) is 9.90 Å². The third-order valence-electron chi connectivity index (χ3n) is 0.939. The summed E-state index contributed by atoms with van der Waals surface area (Å²) in [5.74, 6) is -2.66. The lowest BCUT2D eigenvalue weighted by Crippen LogP contribution is -2.21. The molecule has 0 spiro atoms. The SMILES string of the molecule is O=C(O)C(F)(F)F.O=C1CNCN1. The van der Waals surface area contributed by atoms with Gasteiger partial charge in [0.2, 0.25) is 5.91 Å². The van der Waals surface area contributed by atoms with Crippen molar-refractivity contribution in [1.29, 1.82) is 0 Å². The van der Waals surface area contributed by atoms with Gasteiger partial charge in [-0.2, -0.15) is 13.2 Å². The fourth-order valence-corrected chi connectivity index (χ4v) is 0.400. The van der Waals surface area contributed by atoms with E-state index in [2.05, 4.69) is 10.6 Å². The van der Waals surface area contributed by atoms with Crippen LogP contribution in [0.15, 0.2) is 0 Å². The maximum absolute atomic E-state index is 10.6. The van der Waals surface area contributed by atoms with Crippen LogP contribution in [-0.2, 0) is 9.59 Å². The number of aliphatic carboxylic acids is 1. The topological polar surface area (TPSA) is 78.4 Å². The number of carboxylic acids is 1. The van der Waals surface area contributed by atoms with Crippen molar-refractivity contribution in [2.24, 2.45) is 0 Å². The Kier molecular flexibility index (Phi) is 4.18. The maximum atomic E-state index is 10.6. The fourth-order valence-electron chi connectivity index (χ4n) is 0.400. The molecule has 0 aromatic heterocycles. The summed E-state index contributed by atoms with van der Waals surface area (Å²) in [6, 6.07) is 0. The van der Waals surface area contributed by atoms with Crippen molar-refractivity contribution in [3.05, 3.63) is 0 Å². The number of alkyl halides is 3. The van der Waals surface area contributed by atoms with E-state index >= 15 is 0 Å². The number of halogens is 3. The molecule has 0 saturated carbocycles. The first-order chi connectivity index (χ1) is 5.84. The number of hydrogen-bond acceptors (Lipinski definition) is 3. The van der Waals surface area contributed by atoms with E-state index in [0.29, 0.717) is 13.2 Å². The molecule has 1 heterocycles. The second kappa shape index (κ2) is 4.65. The van der Waals surface area contributed by atoms with Crippen molar-refractivity contribution in [2.45, 2.75) is 6.18 Å². The van der Waals surface area contributed by atoms with E-state index in [9.17, 15) is 18.0 Å². The minimum atomic E-state index is -5.08. The molecule has 1 aliphatic rings. The van der Waals surface area contributed by atoms with Crippen LogP contribution in [0.1, 0.15) is 0 Å². The highest BCUT2D eigenvalue weighted by atomic mass is 19.4. The average molecular weight is 200 g/mol. The molecule has 1 aliphatic heterocycles. The Morgan fingerprint density at radius 3 is 2.00 bits per heavy atom. The molecule has 1 rings (SSSR count). The van der Waals surface area contributed by atoms with E-state index in [1.54, 1.807) is 0 Å². The summed E-state index contributed by atoms with van der Waals surface area (Å²) in [5.41, 5.74) is 0. The fraction of sp³-hybridized carbons (Fsp3) is 0.600. The molecule has 0 unspecified atom stereocenters. The second-order valence-electron chi connectivity index (χ2n) is 2.01. The molecule has 0 bridgehead atoms. The van der Waals surface area contributed by atoms with Crippen molar-refractivity contribution in [3.8, 4) is 0 Å². The van der Waals surface area contributed by atoms with Gasteiger partial charge in [0, 0.05) is 0 Å². The summed E-state index contributed by atoms with van der Waals surface area (Å²) in [6.45, 7) is 1.12. The van der Waals surface area contributed by atoms with Gasteiger partial charge in [-0.3, -0.25) is 10.1 Å². The molecular formula is C5H7F3N2O3. The van der Waals surface area contributed by atoms with Crippen LogP contribution in [0.25, 0.3) is 0 Å². The minimum Gasteiger partial charge on any atom is -0.475 e. The summed E-state index contributed by atoms with van der Waals surface area (Å²) < 4.78 is 31.7. The summed E-state index contributed by atoms with van der Waals surface area (Å²) in [7, 11) is 0. The number of amides is 1. The highest BCUT2D eigenvalue weighted by Gasteiger charge is 2.38. The zero-order valence-electron chi connectivity index (χ0n) is 6.31. The Bertz CT molecular complexity index is 196. The van der Waals surface area contributed by atoms with Gasteiger partial charge in [-0.05, 0) is 0 Å². The first kappa shape index (κ1) is 11.7. The molecule has 0 aromatic carbocycles. The first-order valence-electron chi connectivity index (χ1n) is 3.11. The standard InChI is InChI=1S/C3H6N2O.C2HF3O2/c6-3-1-4-2-5-3;3-2(4,5)1(6)7/h4H,1-2H2,(H,5,6);(H,6,7). The Hall–Kier alpha value is -1.31. The number of nitrogens with one attached hydrogen (secondary N) is 2. The van der Waals surface area contributed by atoms with Gasteiger partial charge >= 0.3 is 12.1 Å². The molecule has 3 N–H and O–H groups in total. The summed E-state index contributed by atoms with van der Waals surface area (Å²) >= 11 is 0. The summed E-state index contributed by atoms with van der Waals surface area (Å²) in [4.78, 5) is 19.0. The lowest BCUT2D eigenvalue weighted by Gasteiger charge is -1.93. The van der Waals surface area contributed by atoms with E-state index in [1.165, 1.54) is 0 Å². The Labute approximate surface area is 70.9 Å². The molecule has 76 valence electrons. The van der Waals surface area contributed by atoms with Crippen LogP contribution in [0.5, 0.6) is 0 Å². The molecule has 0 radical (unpaired) electrons. The van der Waals surface area contributed by atoms with Crippen molar-refractivity contribution >= 4 is 11.9 Å². The molecule has 5 nitrogen and oxygen atoms in total. The normalized spacial score (nSPS) is 15.8. The Morgan fingerprint density at radius 2 is 1.92 bits per heavy atom. The van der Waals surface area contributed by atoms with Crippen LogP contribution in [-0.4, -0.2) is 36.4 Å². The van der Waals surface area contributed by atoms with Crippen LogP contribution in [0.3, 0.4) is 0 Å². The minimum absolute atomic E-state index is 0.0926. The van der Waals surface area contributed by atoms with E-state index in [0.717, 1.165) is 0 Å². The van der Waals surface area contributed by atoms with Crippen LogP contribution in [0, 0.1) is 0 Å². The monoisotopic (exact) mass is 200 g/mol. The van der Waals surface area contributed by atoms with Gasteiger partial charge in [-0.1, -0.05) is 0 Å². The highest BCUT2D eigenvalue weighted by Crippen LogP contribution is 2.13. The van der Waals surface area contributed by atoms with Gasteiger partial charge in [-0.25, -0.2) is 4.79 Å². The second-order valence-corrected chi connectivity index (χ2v) is 2.01. The molecule has 1 amide bonds. The lowest BCUT2D eigenvalue weighted by atomic mass is 10.7. The van der Waals surface area contributed by atoms with Crippen molar-refractivity contribution < 1.29 is 27.9 Å². The van der Waals surface area contributed by atoms with Crippen LogP contribution in [0.2, 0.25) is 0 Å². The number of carbonyl (C=O) groups excluding carboxylic acids is 1. The molecule has 0 aliphatic carbocycles. The third-order valence-corrected chi connectivity index (χ3v) is 0.939. The van der Waals surface area contributed by atoms with Crippen LogP contribution < -0.4 is 10.6 Å². The molecule has 13 heavy (non-hydrogen) atoms. The first-order valence-corrected chi connectivity index (χ1v) is 3.11. The Balaban J connectivity index is 0.000000223. The van der Waals surface area contributed by atoms with E-state index < -0.39 is 12.1 Å². The molecule has 8 heteroatoms. The highest BCUT2D eigenvalue weighted by molar-refractivity contribution is 5.79. The average Bonchev–Trinajstić information content (AvgIpc) is 2.38. The quantitative estimate of drug-likeness (QED) is 0.483. The van der Waals surface area contributed by atoms with Gasteiger partial charge in [0.05, 0.1) is 13.2 Å². The zero-order chi connectivity index (χ0) is 10.5. The van der Waals surface area contributed by atoms with Gasteiger partial charge < -0.3 is 10.4 Å². The molecule has 1 saturated heterocycles. The third kappa shape index (κ3) is 5.91. The maximum Gasteiger partial charge on any atom is 0.490 e. The van der Waals surface area contributed by atoms with E-state index in [1.807, 2.05) is 0 Å². The van der Waals surface area contributed by atoms with Gasteiger partial charge in [0.25, 0.3) is 0 Å². The van der Waals surface area contributed by atoms with Crippen molar-refractivity contribution in [2.75, 3.05) is 13.2 Å². The number of rotatable bonds is 0. The van der Waals surface area contributed by atoms with Gasteiger partial charge in [-0.15, -0.1) is 0 Å². The predicted octanol–water partition coefficient (Wildman–Crippen LogP) is -0.703. The largest absolute Gasteiger partial charge is 0.490 e.